The SMILES string of the molecule is Cc1ccc(-c2ccccc2)c(OC(C)C)c1C=NCC1CCCCC1. The zero-order valence-corrected chi connectivity index (χ0v) is 16.4. The van der Waals surface area contributed by atoms with Crippen LogP contribution in [0.3, 0.4) is 0 Å². The maximum atomic E-state index is 6.26. The quantitative estimate of drug-likeness (QED) is 0.549. The Kier molecular flexibility index (Phi) is 6.49. The molecule has 0 saturated heterocycles. The first kappa shape index (κ1) is 18.7. The van der Waals surface area contributed by atoms with Gasteiger partial charge in [0.2, 0.25) is 0 Å². The van der Waals surface area contributed by atoms with Crippen molar-refractivity contribution in [1.29, 1.82) is 0 Å². The molecular formula is C24H31NO. The van der Waals surface area contributed by atoms with Crippen molar-refractivity contribution in [3.05, 3.63) is 53.6 Å². The Bertz CT molecular complexity index is 727. The summed E-state index contributed by atoms with van der Waals surface area (Å²) in [5, 5.41) is 0. The molecule has 1 aliphatic carbocycles. The molecule has 1 fully saturated rings. The van der Waals surface area contributed by atoms with E-state index < -0.39 is 0 Å². The highest BCUT2D eigenvalue weighted by Gasteiger charge is 2.15. The van der Waals surface area contributed by atoms with Crippen molar-refractivity contribution in [3.8, 4) is 16.9 Å². The third-order valence-electron chi connectivity index (χ3n) is 5.16. The van der Waals surface area contributed by atoms with Crippen molar-refractivity contribution in [2.45, 2.75) is 59.0 Å². The molecule has 2 aromatic rings. The van der Waals surface area contributed by atoms with Crippen LogP contribution in [0.5, 0.6) is 5.75 Å². The molecule has 0 N–H and O–H groups in total. The summed E-state index contributed by atoms with van der Waals surface area (Å²) in [5.74, 6) is 1.71. The van der Waals surface area contributed by atoms with Crippen molar-refractivity contribution < 1.29 is 4.74 Å². The van der Waals surface area contributed by atoms with Gasteiger partial charge in [-0.3, -0.25) is 4.99 Å². The van der Waals surface area contributed by atoms with Gasteiger partial charge in [-0.25, -0.2) is 0 Å². The largest absolute Gasteiger partial charge is 0.490 e. The lowest BCUT2D eigenvalue weighted by Crippen LogP contribution is -2.11. The molecule has 138 valence electrons. The molecule has 1 aliphatic rings. The third-order valence-corrected chi connectivity index (χ3v) is 5.16. The van der Waals surface area contributed by atoms with Crippen molar-refractivity contribution >= 4 is 6.21 Å². The lowest BCUT2D eigenvalue weighted by Gasteiger charge is -2.20. The number of rotatable bonds is 6. The molecule has 0 aliphatic heterocycles. The summed E-state index contributed by atoms with van der Waals surface area (Å²) >= 11 is 0. The van der Waals surface area contributed by atoms with Crippen LogP contribution in [0.15, 0.2) is 47.5 Å². The molecule has 0 aromatic heterocycles. The summed E-state index contributed by atoms with van der Waals surface area (Å²) in [6.45, 7) is 7.25. The minimum atomic E-state index is 0.129. The topological polar surface area (TPSA) is 21.6 Å². The molecular weight excluding hydrogens is 318 g/mol. The van der Waals surface area contributed by atoms with Gasteiger partial charge in [0, 0.05) is 23.9 Å². The fraction of sp³-hybridized carbons (Fsp3) is 0.458. The van der Waals surface area contributed by atoms with Crippen LogP contribution in [0.1, 0.15) is 57.1 Å². The molecule has 0 bridgehead atoms. The van der Waals surface area contributed by atoms with Crippen LogP contribution >= 0.6 is 0 Å². The first-order valence-electron chi connectivity index (χ1n) is 10.0. The number of benzene rings is 2. The van der Waals surface area contributed by atoms with Crippen LogP contribution in [0.25, 0.3) is 11.1 Å². The number of nitrogens with zero attached hydrogens (tertiary/aromatic N) is 1. The van der Waals surface area contributed by atoms with E-state index in [-0.39, 0.29) is 6.10 Å². The van der Waals surface area contributed by atoms with Gasteiger partial charge < -0.3 is 4.74 Å². The molecule has 0 unspecified atom stereocenters. The predicted octanol–water partition coefficient (Wildman–Crippen LogP) is 6.45. The molecule has 2 nitrogen and oxygen atoms in total. The van der Waals surface area contributed by atoms with Crippen LogP contribution < -0.4 is 4.74 Å². The first-order chi connectivity index (χ1) is 12.6. The summed E-state index contributed by atoms with van der Waals surface area (Å²) in [5.41, 5.74) is 4.66. The number of aryl methyl sites for hydroxylation is 1. The Morgan fingerprint density at radius 3 is 2.46 bits per heavy atom. The molecule has 2 aromatic carbocycles. The first-order valence-corrected chi connectivity index (χ1v) is 10.0. The van der Waals surface area contributed by atoms with Gasteiger partial charge in [-0.2, -0.15) is 0 Å². The highest BCUT2D eigenvalue weighted by atomic mass is 16.5. The fourth-order valence-corrected chi connectivity index (χ4v) is 3.73. The number of hydrogen-bond acceptors (Lipinski definition) is 2. The third kappa shape index (κ3) is 4.75. The minimum absolute atomic E-state index is 0.129. The Balaban J connectivity index is 1.91. The highest BCUT2D eigenvalue weighted by molar-refractivity contribution is 5.90. The Morgan fingerprint density at radius 2 is 1.77 bits per heavy atom. The standard InChI is InChI=1S/C24H31NO/c1-18(2)26-24-22(21-12-8-5-9-13-21)15-14-19(3)23(24)17-25-16-20-10-6-4-7-11-20/h5,8-9,12-15,17-18,20H,4,6-7,10-11,16H2,1-3H3. The summed E-state index contributed by atoms with van der Waals surface area (Å²) in [6, 6.07) is 14.8. The average molecular weight is 350 g/mol. The van der Waals surface area contributed by atoms with Crippen molar-refractivity contribution in [2.75, 3.05) is 6.54 Å². The van der Waals surface area contributed by atoms with E-state index in [1.165, 1.54) is 43.2 Å². The van der Waals surface area contributed by atoms with E-state index in [0.717, 1.165) is 29.3 Å². The molecule has 1 saturated carbocycles. The van der Waals surface area contributed by atoms with E-state index in [2.05, 4.69) is 57.2 Å². The smallest absolute Gasteiger partial charge is 0.136 e. The monoisotopic (exact) mass is 349 g/mol. The van der Waals surface area contributed by atoms with Crippen molar-refractivity contribution in [3.63, 3.8) is 0 Å². The van der Waals surface area contributed by atoms with Crippen LogP contribution in [-0.2, 0) is 0 Å². The Hall–Kier alpha value is -2.09. The molecule has 2 heteroatoms. The van der Waals surface area contributed by atoms with E-state index in [1.807, 2.05) is 12.3 Å². The van der Waals surface area contributed by atoms with Gasteiger partial charge in [0.25, 0.3) is 0 Å². The normalized spacial score (nSPS) is 15.7. The summed E-state index contributed by atoms with van der Waals surface area (Å²) < 4.78 is 6.26. The average Bonchev–Trinajstić information content (AvgIpc) is 2.65. The van der Waals surface area contributed by atoms with E-state index in [0.29, 0.717) is 0 Å². The second kappa shape index (κ2) is 9.02. The lowest BCUT2D eigenvalue weighted by molar-refractivity contribution is 0.243. The minimum Gasteiger partial charge on any atom is -0.490 e. The predicted molar refractivity (Wildman–Crippen MR) is 111 cm³/mol. The highest BCUT2D eigenvalue weighted by Crippen LogP contribution is 2.35. The van der Waals surface area contributed by atoms with Crippen molar-refractivity contribution in [2.24, 2.45) is 10.9 Å². The van der Waals surface area contributed by atoms with Gasteiger partial charge in [0.1, 0.15) is 5.75 Å². The molecule has 0 amide bonds. The second-order valence-electron chi connectivity index (χ2n) is 7.70. The maximum Gasteiger partial charge on any atom is 0.136 e. The summed E-state index contributed by atoms with van der Waals surface area (Å²) in [6.07, 6.45) is 8.96. The van der Waals surface area contributed by atoms with Crippen LogP contribution in [0.2, 0.25) is 0 Å². The van der Waals surface area contributed by atoms with Crippen LogP contribution in [0.4, 0.5) is 0 Å². The zero-order chi connectivity index (χ0) is 18.4. The number of aliphatic imine (C=N–C) groups is 1. The summed E-state index contributed by atoms with van der Waals surface area (Å²) in [7, 11) is 0. The van der Waals surface area contributed by atoms with E-state index in [1.54, 1.807) is 0 Å². The van der Waals surface area contributed by atoms with Crippen LogP contribution in [-0.4, -0.2) is 18.9 Å². The summed E-state index contributed by atoms with van der Waals surface area (Å²) in [4.78, 5) is 4.82. The van der Waals surface area contributed by atoms with Gasteiger partial charge in [0.05, 0.1) is 6.10 Å². The second-order valence-corrected chi connectivity index (χ2v) is 7.70. The van der Waals surface area contributed by atoms with E-state index in [4.69, 9.17) is 9.73 Å². The van der Waals surface area contributed by atoms with Crippen molar-refractivity contribution in [1.82, 2.24) is 0 Å². The lowest BCUT2D eigenvalue weighted by atomic mass is 9.89. The molecule has 0 radical (unpaired) electrons. The molecule has 0 atom stereocenters. The number of hydrogen-bond donors (Lipinski definition) is 0. The van der Waals surface area contributed by atoms with Gasteiger partial charge in [-0.15, -0.1) is 0 Å². The zero-order valence-electron chi connectivity index (χ0n) is 16.4. The van der Waals surface area contributed by atoms with E-state index >= 15 is 0 Å². The Morgan fingerprint density at radius 1 is 1.04 bits per heavy atom. The van der Waals surface area contributed by atoms with Gasteiger partial charge in [-0.1, -0.05) is 61.7 Å². The van der Waals surface area contributed by atoms with Gasteiger partial charge >= 0.3 is 0 Å². The van der Waals surface area contributed by atoms with E-state index in [9.17, 15) is 0 Å². The van der Waals surface area contributed by atoms with Gasteiger partial charge in [-0.05, 0) is 50.7 Å². The Labute approximate surface area is 158 Å². The van der Waals surface area contributed by atoms with Gasteiger partial charge in [0.15, 0.2) is 0 Å². The van der Waals surface area contributed by atoms with Crippen LogP contribution in [0, 0.1) is 12.8 Å². The molecule has 0 heterocycles. The fourth-order valence-electron chi connectivity index (χ4n) is 3.73. The molecule has 26 heavy (non-hydrogen) atoms. The number of ether oxygens (including phenoxy) is 1. The molecule has 3 rings (SSSR count). The molecule has 0 spiro atoms. The maximum absolute atomic E-state index is 6.26.